The van der Waals surface area contributed by atoms with Gasteiger partial charge in [-0.1, -0.05) is 39.5 Å². The Bertz CT molecular complexity index is 191. The maximum atomic E-state index is 4.18. The molecule has 0 aromatic heterocycles. The predicted molar refractivity (Wildman–Crippen MR) is 106 cm³/mol. The van der Waals surface area contributed by atoms with Crippen molar-refractivity contribution in [3.63, 3.8) is 0 Å². The van der Waals surface area contributed by atoms with E-state index in [0.29, 0.717) is 0 Å². The molecule has 2 saturated carbocycles. The van der Waals surface area contributed by atoms with Crippen molar-refractivity contribution in [3.05, 3.63) is 68.5 Å². The summed E-state index contributed by atoms with van der Waals surface area (Å²) in [4.78, 5) is 0. The number of piperidine rings is 2. The molecule has 0 aromatic rings. The Morgan fingerprint density at radius 1 is 0.640 bits per heavy atom. The zero-order valence-electron chi connectivity index (χ0n) is 15.9. The van der Waals surface area contributed by atoms with Crippen LogP contribution < -0.4 is 5.32 Å². The Balaban J connectivity index is 0.000000303. The third-order valence-corrected chi connectivity index (χ3v) is 4.00. The van der Waals surface area contributed by atoms with Crippen LogP contribution in [0.15, 0.2) is 0 Å². The molecule has 0 amide bonds. The maximum absolute atomic E-state index is 4.18. The SMILES string of the molecule is C1CCNCC1.C1CC[N-]CC1.C[C]1[CH][CH][CH][CH]1.C[C]1[CH][CH][CH][CH]1.[Yb+3]. The Kier molecular flexibility index (Phi) is 21.3. The molecule has 4 fully saturated rings. The van der Waals surface area contributed by atoms with Gasteiger partial charge in [-0.2, -0.15) is 0 Å². The van der Waals surface area contributed by atoms with Crippen molar-refractivity contribution in [1.82, 2.24) is 5.32 Å². The first-order valence-corrected chi connectivity index (χ1v) is 9.49. The molecule has 2 nitrogen and oxygen atoms in total. The molecule has 2 saturated heterocycles. The predicted octanol–water partition coefficient (Wildman–Crippen LogP) is 5.13. The van der Waals surface area contributed by atoms with Crippen LogP contribution in [0.25, 0.3) is 5.32 Å². The topological polar surface area (TPSA) is 26.1 Å². The zero-order chi connectivity index (χ0) is 17.3. The fraction of sp³-hybridized carbons (Fsp3) is 0.545. The molecular formula is C22H35N2Yb+2. The van der Waals surface area contributed by atoms with Gasteiger partial charge in [0.05, 0.1) is 0 Å². The quantitative estimate of drug-likeness (QED) is 0.491. The molecule has 2 aliphatic heterocycles. The van der Waals surface area contributed by atoms with Gasteiger partial charge in [0.2, 0.25) is 0 Å². The van der Waals surface area contributed by atoms with E-state index in [-0.39, 0.29) is 46.9 Å². The molecule has 4 rings (SSSR count). The standard InChI is InChI=1S/2C6H7.C5H11N.C5H10N.Yb/c2*1-6-4-2-3-5-6;2*1-2-4-6-5-3-1;/h2*2-5H,1H3;6H,1-5H2;1-5H2;/q;;;-1;+3. The van der Waals surface area contributed by atoms with Crippen LogP contribution in [0.2, 0.25) is 0 Å². The van der Waals surface area contributed by atoms with Crippen molar-refractivity contribution in [2.45, 2.75) is 52.4 Å². The van der Waals surface area contributed by atoms with E-state index in [4.69, 9.17) is 0 Å². The second kappa shape index (κ2) is 20.2. The normalized spacial score (nSPS) is 23.8. The first kappa shape index (κ1) is 26.4. The molecular weight excluding hydrogens is 465 g/mol. The van der Waals surface area contributed by atoms with E-state index in [1.807, 2.05) is 25.7 Å². The van der Waals surface area contributed by atoms with Gasteiger partial charge in [0.25, 0.3) is 0 Å². The summed E-state index contributed by atoms with van der Waals surface area (Å²) in [6, 6.07) is 0. The first-order chi connectivity index (χ1) is 11.8. The smallest absolute Gasteiger partial charge is 0.662 e. The average Bonchev–Trinajstić information content (AvgIpc) is 3.33. The molecule has 0 aromatic carbocycles. The van der Waals surface area contributed by atoms with E-state index >= 15 is 0 Å². The average molecular weight is 501 g/mol. The summed E-state index contributed by atoms with van der Waals surface area (Å²) in [5, 5.41) is 7.46. The molecule has 2 heterocycles. The van der Waals surface area contributed by atoms with E-state index in [9.17, 15) is 0 Å². The van der Waals surface area contributed by atoms with Gasteiger partial charge in [-0.15, -0.1) is 13.1 Å². The van der Waals surface area contributed by atoms with Gasteiger partial charge in [-0.05, 0) is 89.1 Å². The molecule has 0 spiro atoms. The van der Waals surface area contributed by atoms with Gasteiger partial charge in [0.1, 0.15) is 0 Å². The number of nitrogens with one attached hydrogen (secondary N) is 1. The minimum Gasteiger partial charge on any atom is -0.662 e. The van der Waals surface area contributed by atoms with Gasteiger partial charge in [0.15, 0.2) is 0 Å². The molecule has 1 N–H and O–H groups in total. The number of nitrogens with zero attached hydrogens (tertiary/aromatic N) is 1. The molecule has 0 atom stereocenters. The largest absolute Gasteiger partial charge is 3.00 e. The monoisotopic (exact) mass is 501 g/mol. The minimum absolute atomic E-state index is 0. The van der Waals surface area contributed by atoms with Crippen molar-refractivity contribution in [2.75, 3.05) is 26.2 Å². The second-order valence-electron chi connectivity index (χ2n) is 6.47. The van der Waals surface area contributed by atoms with Crippen LogP contribution in [0.5, 0.6) is 0 Å². The van der Waals surface area contributed by atoms with Gasteiger partial charge in [0, 0.05) is 0 Å². The van der Waals surface area contributed by atoms with Crippen molar-refractivity contribution in [3.8, 4) is 0 Å². The van der Waals surface area contributed by atoms with Gasteiger partial charge in [-0.3, -0.25) is 0 Å². The summed E-state index contributed by atoms with van der Waals surface area (Å²) in [5.74, 6) is 2.69. The van der Waals surface area contributed by atoms with Crippen molar-refractivity contribution >= 4 is 0 Å². The third kappa shape index (κ3) is 18.6. The molecule has 2 aliphatic carbocycles. The number of hydrogen-bond acceptors (Lipinski definition) is 1. The molecule has 25 heavy (non-hydrogen) atoms. The van der Waals surface area contributed by atoms with Crippen LogP contribution >= 0.6 is 0 Å². The first-order valence-electron chi connectivity index (χ1n) is 9.49. The fourth-order valence-corrected chi connectivity index (χ4v) is 2.48. The van der Waals surface area contributed by atoms with Crippen LogP contribution in [-0.4, -0.2) is 26.2 Å². The Hall–Kier alpha value is 1.44. The summed E-state index contributed by atoms with van der Waals surface area (Å²) < 4.78 is 0. The van der Waals surface area contributed by atoms with Gasteiger partial charge >= 0.3 is 46.9 Å². The molecule has 0 unspecified atom stereocenters. The zero-order valence-corrected chi connectivity index (χ0v) is 17.6. The molecule has 4 aliphatic rings. The van der Waals surface area contributed by atoms with Crippen LogP contribution in [0.1, 0.15) is 52.4 Å². The van der Waals surface area contributed by atoms with E-state index in [1.54, 1.807) is 0 Å². The number of hydrogen-bond donors (Lipinski definition) is 1. The summed E-state index contributed by atoms with van der Waals surface area (Å²) in [6.45, 7) is 8.92. The van der Waals surface area contributed by atoms with E-state index in [0.717, 1.165) is 13.1 Å². The van der Waals surface area contributed by atoms with E-state index in [1.165, 1.54) is 63.5 Å². The van der Waals surface area contributed by atoms with Crippen molar-refractivity contribution < 1.29 is 46.9 Å². The summed E-state index contributed by atoms with van der Waals surface area (Å²) in [7, 11) is 0. The Morgan fingerprint density at radius 3 is 1.16 bits per heavy atom. The van der Waals surface area contributed by atoms with Crippen LogP contribution in [0.3, 0.4) is 0 Å². The second-order valence-corrected chi connectivity index (χ2v) is 6.47. The Labute approximate surface area is 197 Å². The summed E-state index contributed by atoms with van der Waals surface area (Å²) in [6.07, 6.45) is 24.8. The Morgan fingerprint density at radius 2 is 1.04 bits per heavy atom. The fourth-order valence-electron chi connectivity index (χ4n) is 2.48. The van der Waals surface area contributed by atoms with E-state index in [2.05, 4.69) is 50.2 Å². The number of rotatable bonds is 0. The van der Waals surface area contributed by atoms with Crippen LogP contribution in [0.4, 0.5) is 0 Å². The van der Waals surface area contributed by atoms with Crippen molar-refractivity contribution in [1.29, 1.82) is 0 Å². The van der Waals surface area contributed by atoms with Crippen LogP contribution in [0, 0.1) is 110 Å². The van der Waals surface area contributed by atoms with Gasteiger partial charge < -0.3 is 10.6 Å². The molecule has 11 radical (unpaired) electrons. The van der Waals surface area contributed by atoms with Gasteiger partial charge in [-0.25, -0.2) is 0 Å². The third-order valence-electron chi connectivity index (χ3n) is 4.00. The minimum atomic E-state index is 0. The van der Waals surface area contributed by atoms with E-state index < -0.39 is 0 Å². The van der Waals surface area contributed by atoms with Crippen LogP contribution in [-0.2, 0) is 0 Å². The summed E-state index contributed by atoms with van der Waals surface area (Å²) in [5.41, 5.74) is 0. The molecule has 145 valence electrons. The summed E-state index contributed by atoms with van der Waals surface area (Å²) >= 11 is 0. The van der Waals surface area contributed by atoms with Crippen molar-refractivity contribution in [2.24, 2.45) is 0 Å². The maximum Gasteiger partial charge on any atom is 3.00 e. The molecule has 3 heteroatoms. The molecule has 0 bridgehead atoms.